The standard InChI is InChI=1S/C16H14O2/c1-2-5-14(17)11-8-9-16-13(10-11)12-6-3-4-7-15(12)18-16/h2-4,6-10,14,17H,1,5H2. The Morgan fingerprint density at radius 1 is 1.11 bits per heavy atom. The molecule has 1 N–H and O–H groups in total. The average molecular weight is 238 g/mol. The lowest BCUT2D eigenvalue weighted by Gasteiger charge is -2.07. The summed E-state index contributed by atoms with van der Waals surface area (Å²) < 4.78 is 5.75. The molecule has 0 aliphatic carbocycles. The molecule has 1 atom stereocenters. The van der Waals surface area contributed by atoms with Crippen LogP contribution in [0.25, 0.3) is 21.9 Å². The van der Waals surface area contributed by atoms with Crippen molar-refractivity contribution in [2.45, 2.75) is 12.5 Å². The van der Waals surface area contributed by atoms with Crippen molar-refractivity contribution in [2.24, 2.45) is 0 Å². The highest BCUT2D eigenvalue weighted by Crippen LogP contribution is 2.31. The fourth-order valence-corrected chi connectivity index (χ4v) is 2.24. The number of furan rings is 1. The normalized spacial score (nSPS) is 12.9. The molecule has 2 nitrogen and oxygen atoms in total. The van der Waals surface area contributed by atoms with Crippen LogP contribution in [0.4, 0.5) is 0 Å². The van der Waals surface area contributed by atoms with Crippen LogP contribution in [-0.4, -0.2) is 5.11 Å². The summed E-state index contributed by atoms with van der Waals surface area (Å²) >= 11 is 0. The summed E-state index contributed by atoms with van der Waals surface area (Å²) in [5, 5.41) is 12.1. The summed E-state index contributed by atoms with van der Waals surface area (Å²) in [6.45, 7) is 3.65. The van der Waals surface area contributed by atoms with E-state index >= 15 is 0 Å². The minimum Gasteiger partial charge on any atom is -0.456 e. The maximum Gasteiger partial charge on any atom is 0.135 e. The minimum absolute atomic E-state index is 0.499. The summed E-state index contributed by atoms with van der Waals surface area (Å²) in [5.74, 6) is 0. The van der Waals surface area contributed by atoms with E-state index in [2.05, 4.69) is 6.58 Å². The number of aliphatic hydroxyl groups is 1. The van der Waals surface area contributed by atoms with E-state index in [-0.39, 0.29) is 0 Å². The third-order valence-electron chi connectivity index (χ3n) is 3.18. The van der Waals surface area contributed by atoms with Crippen LogP contribution < -0.4 is 0 Å². The lowest BCUT2D eigenvalue weighted by molar-refractivity contribution is 0.182. The van der Waals surface area contributed by atoms with Crippen molar-refractivity contribution in [3.8, 4) is 0 Å². The molecule has 0 saturated carbocycles. The SMILES string of the molecule is C=CCC(O)c1ccc2oc3ccccc3c2c1. The second kappa shape index (κ2) is 4.31. The molecule has 3 aromatic rings. The molecule has 2 aromatic carbocycles. The van der Waals surface area contributed by atoms with E-state index in [4.69, 9.17) is 4.42 Å². The van der Waals surface area contributed by atoms with Crippen LogP contribution in [0.5, 0.6) is 0 Å². The Kier molecular flexibility index (Phi) is 2.65. The van der Waals surface area contributed by atoms with Gasteiger partial charge in [-0.1, -0.05) is 30.3 Å². The third kappa shape index (κ3) is 1.71. The highest BCUT2D eigenvalue weighted by molar-refractivity contribution is 6.04. The Morgan fingerprint density at radius 2 is 1.89 bits per heavy atom. The Morgan fingerprint density at radius 3 is 2.72 bits per heavy atom. The van der Waals surface area contributed by atoms with E-state index in [9.17, 15) is 5.11 Å². The predicted octanol–water partition coefficient (Wildman–Crippen LogP) is 4.20. The van der Waals surface area contributed by atoms with Crippen LogP contribution >= 0.6 is 0 Å². The van der Waals surface area contributed by atoms with Gasteiger partial charge in [0.15, 0.2) is 0 Å². The maximum atomic E-state index is 9.99. The van der Waals surface area contributed by atoms with Crippen molar-refractivity contribution in [3.05, 3.63) is 60.7 Å². The van der Waals surface area contributed by atoms with Crippen LogP contribution in [0, 0.1) is 0 Å². The van der Waals surface area contributed by atoms with Gasteiger partial charge in [-0.3, -0.25) is 0 Å². The van der Waals surface area contributed by atoms with E-state index in [1.54, 1.807) is 6.08 Å². The third-order valence-corrected chi connectivity index (χ3v) is 3.18. The van der Waals surface area contributed by atoms with Crippen molar-refractivity contribution in [1.82, 2.24) is 0 Å². The van der Waals surface area contributed by atoms with Crippen LogP contribution in [0.1, 0.15) is 18.1 Å². The molecule has 0 amide bonds. The van der Waals surface area contributed by atoms with Gasteiger partial charge in [-0.05, 0) is 30.2 Å². The van der Waals surface area contributed by atoms with Crippen LogP contribution in [0.3, 0.4) is 0 Å². The molecule has 1 heterocycles. The summed E-state index contributed by atoms with van der Waals surface area (Å²) in [6.07, 6.45) is 1.78. The first kappa shape index (κ1) is 11.1. The molecule has 1 aromatic heterocycles. The second-order valence-corrected chi connectivity index (χ2v) is 4.39. The minimum atomic E-state index is -0.499. The molecule has 0 aliphatic rings. The summed E-state index contributed by atoms with van der Waals surface area (Å²) in [7, 11) is 0. The molecule has 0 fully saturated rings. The molecule has 1 unspecified atom stereocenters. The van der Waals surface area contributed by atoms with Gasteiger partial charge in [-0.25, -0.2) is 0 Å². The number of fused-ring (bicyclic) bond motifs is 3. The molecule has 0 radical (unpaired) electrons. The van der Waals surface area contributed by atoms with Gasteiger partial charge in [0.1, 0.15) is 11.2 Å². The molecule has 0 aliphatic heterocycles. The topological polar surface area (TPSA) is 33.4 Å². The zero-order valence-corrected chi connectivity index (χ0v) is 9.97. The molecular formula is C16H14O2. The first-order chi connectivity index (χ1) is 8.79. The van der Waals surface area contributed by atoms with E-state index in [0.29, 0.717) is 6.42 Å². The largest absolute Gasteiger partial charge is 0.456 e. The van der Waals surface area contributed by atoms with E-state index in [1.165, 1.54) is 0 Å². The average Bonchev–Trinajstić information content (AvgIpc) is 2.76. The molecule has 2 heteroatoms. The lowest BCUT2D eigenvalue weighted by atomic mass is 10.0. The number of aliphatic hydroxyl groups excluding tert-OH is 1. The molecule has 3 rings (SSSR count). The Hall–Kier alpha value is -2.06. The molecule has 18 heavy (non-hydrogen) atoms. The van der Waals surface area contributed by atoms with Crippen LogP contribution in [-0.2, 0) is 0 Å². The number of para-hydroxylation sites is 1. The highest BCUT2D eigenvalue weighted by Gasteiger charge is 2.10. The first-order valence-electron chi connectivity index (χ1n) is 6.00. The molecule has 0 spiro atoms. The van der Waals surface area contributed by atoms with Gasteiger partial charge in [0.25, 0.3) is 0 Å². The monoisotopic (exact) mass is 238 g/mol. The number of hydrogen-bond acceptors (Lipinski definition) is 2. The molecule has 90 valence electrons. The Labute approximate surface area is 105 Å². The van der Waals surface area contributed by atoms with E-state index < -0.39 is 6.10 Å². The quantitative estimate of drug-likeness (QED) is 0.694. The zero-order chi connectivity index (χ0) is 12.5. The van der Waals surface area contributed by atoms with Crippen LogP contribution in [0.2, 0.25) is 0 Å². The number of rotatable bonds is 3. The van der Waals surface area contributed by atoms with Crippen molar-refractivity contribution < 1.29 is 9.52 Å². The zero-order valence-electron chi connectivity index (χ0n) is 9.97. The van der Waals surface area contributed by atoms with Gasteiger partial charge in [-0.15, -0.1) is 6.58 Å². The molecular weight excluding hydrogens is 224 g/mol. The van der Waals surface area contributed by atoms with Crippen molar-refractivity contribution in [1.29, 1.82) is 0 Å². The molecule has 0 saturated heterocycles. The predicted molar refractivity (Wildman–Crippen MR) is 73.5 cm³/mol. The van der Waals surface area contributed by atoms with Crippen molar-refractivity contribution in [3.63, 3.8) is 0 Å². The maximum absolute atomic E-state index is 9.99. The second-order valence-electron chi connectivity index (χ2n) is 4.39. The van der Waals surface area contributed by atoms with Crippen LogP contribution in [0.15, 0.2) is 59.5 Å². The first-order valence-corrected chi connectivity index (χ1v) is 6.00. The van der Waals surface area contributed by atoms with E-state index in [1.807, 2.05) is 42.5 Å². The lowest BCUT2D eigenvalue weighted by Crippen LogP contribution is -1.94. The van der Waals surface area contributed by atoms with Gasteiger partial charge in [0.2, 0.25) is 0 Å². The number of hydrogen-bond donors (Lipinski definition) is 1. The van der Waals surface area contributed by atoms with Gasteiger partial charge in [0.05, 0.1) is 6.10 Å². The van der Waals surface area contributed by atoms with Crippen molar-refractivity contribution >= 4 is 21.9 Å². The van der Waals surface area contributed by atoms with Gasteiger partial charge in [-0.2, -0.15) is 0 Å². The number of benzene rings is 2. The van der Waals surface area contributed by atoms with Gasteiger partial charge < -0.3 is 9.52 Å². The Bertz CT molecular complexity index is 709. The van der Waals surface area contributed by atoms with Crippen molar-refractivity contribution in [2.75, 3.05) is 0 Å². The Balaban J connectivity index is 2.21. The molecule has 0 bridgehead atoms. The summed E-state index contributed by atoms with van der Waals surface area (Å²) in [5.41, 5.74) is 2.63. The highest BCUT2D eigenvalue weighted by atomic mass is 16.3. The van der Waals surface area contributed by atoms with E-state index in [0.717, 1.165) is 27.5 Å². The van der Waals surface area contributed by atoms with Gasteiger partial charge >= 0.3 is 0 Å². The smallest absolute Gasteiger partial charge is 0.135 e. The van der Waals surface area contributed by atoms with Gasteiger partial charge in [0, 0.05) is 10.8 Å². The fraction of sp³-hybridized carbons (Fsp3) is 0.125. The summed E-state index contributed by atoms with van der Waals surface area (Å²) in [4.78, 5) is 0. The summed E-state index contributed by atoms with van der Waals surface area (Å²) in [6, 6.07) is 13.7. The fourth-order valence-electron chi connectivity index (χ4n) is 2.24.